The van der Waals surface area contributed by atoms with Gasteiger partial charge < -0.3 is 10.6 Å². The van der Waals surface area contributed by atoms with Gasteiger partial charge in [-0.25, -0.2) is 4.39 Å². The molecule has 0 atom stereocenters. The maximum atomic E-state index is 13.2. The number of anilines is 2. The van der Waals surface area contributed by atoms with Crippen molar-refractivity contribution in [1.82, 2.24) is 9.78 Å². The van der Waals surface area contributed by atoms with Crippen molar-refractivity contribution in [2.24, 2.45) is 0 Å². The lowest BCUT2D eigenvalue weighted by Crippen LogP contribution is -2.19. The molecule has 4 nitrogen and oxygen atoms in total. The Labute approximate surface area is 159 Å². The molecule has 0 fully saturated rings. The molecule has 2 N–H and O–H groups in total. The normalized spacial score (nSPS) is 10.5. The van der Waals surface area contributed by atoms with Crippen LogP contribution in [0.1, 0.15) is 5.56 Å². The largest absolute Gasteiger partial charge is 0.331 e. The molecule has 0 aliphatic heterocycles. The number of nitrogens with zero attached hydrogens (tertiary/aromatic N) is 2. The third-order valence-electron chi connectivity index (χ3n) is 3.30. The van der Waals surface area contributed by atoms with Gasteiger partial charge >= 0.3 is 0 Å². The number of nitrogens with one attached hydrogen (secondary N) is 2. The summed E-state index contributed by atoms with van der Waals surface area (Å²) >= 11 is 17.3. The second kappa shape index (κ2) is 7.82. The minimum atomic E-state index is -0.271. The molecule has 1 aromatic heterocycles. The molecule has 0 aliphatic rings. The van der Waals surface area contributed by atoms with E-state index in [9.17, 15) is 4.39 Å². The van der Waals surface area contributed by atoms with Crippen LogP contribution in [0.15, 0.2) is 54.9 Å². The van der Waals surface area contributed by atoms with Crippen LogP contribution in [0.4, 0.5) is 15.8 Å². The van der Waals surface area contributed by atoms with Crippen molar-refractivity contribution >= 4 is 51.9 Å². The number of hydrogen-bond donors (Lipinski definition) is 2. The van der Waals surface area contributed by atoms with Gasteiger partial charge in [0.1, 0.15) is 5.82 Å². The summed E-state index contributed by atoms with van der Waals surface area (Å²) in [6.07, 6.45) is 3.41. The molecule has 0 saturated carbocycles. The molecule has 25 heavy (non-hydrogen) atoms. The highest BCUT2D eigenvalue weighted by molar-refractivity contribution is 7.80. The topological polar surface area (TPSA) is 41.9 Å². The van der Waals surface area contributed by atoms with Gasteiger partial charge in [0.15, 0.2) is 5.11 Å². The molecule has 0 unspecified atom stereocenters. The molecule has 8 heteroatoms. The van der Waals surface area contributed by atoms with Crippen molar-refractivity contribution in [3.05, 3.63) is 76.3 Å². The first kappa shape index (κ1) is 17.7. The van der Waals surface area contributed by atoms with Gasteiger partial charge in [0.25, 0.3) is 0 Å². The summed E-state index contributed by atoms with van der Waals surface area (Å²) in [5.74, 6) is -0.271. The van der Waals surface area contributed by atoms with E-state index in [1.54, 1.807) is 41.3 Å². The number of thiocarbonyl (C=S) groups is 1. The Balaban J connectivity index is 1.62. The fourth-order valence-corrected chi connectivity index (χ4v) is 2.78. The van der Waals surface area contributed by atoms with Gasteiger partial charge in [-0.2, -0.15) is 5.10 Å². The maximum Gasteiger partial charge on any atom is 0.175 e. The van der Waals surface area contributed by atoms with E-state index in [0.29, 0.717) is 33.1 Å². The van der Waals surface area contributed by atoms with Crippen molar-refractivity contribution in [3.8, 4) is 0 Å². The van der Waals surface area contributed by atoms with Crippen LogP contribution in [0.2, 0.25) is 10.0 Å². The van der Waals surface area contributed by atoms with E-state index >= 15 is 0 Å². The van der Waals surface area contributed by atoms with Crippen LogP contribution in [0.3, 0.4) is 0 Å². The summed E-state index contributed by atoms with van der Waals surface area (Å²) in [6, 6.07) is 11.5. The molecule has 0 amide bonds. The number of benzene rings is 2. The van der Waals surface area contributed by atoms with Gasteiger partial charge in [0.2, 0.25) is 0 Å². The van der Waals surface area contributed by atoms with E-state index < -0.39 is 0 Å². The predicted molar refractivity (Wildman–Crippen MR) is 104 cm³/mol. The average molecular weight is 395 g/mol. The third kappa shape index (κ3) is 4.92. The molecule has 128 valence electrons. The van der Waals surface area contributed by atoms with E-state index in [1.807, 2.05) is 6.07 Å². The highest BCUT2D eigenvalue weighted by Crippen LogP contribution is 2.25. The summed E-state index contributed by atoms with van der Waals surface area (Å²) in [4.78, 5) is 0. The van der Waals surface area contributed by atoms with Gasteiger partial charge in [-0.05, 0) is 48.1 Å². The van der Waals surface area contributed by atoms with Crippen molar-refractivity contribution in [2.45, 2.75) is 6.54 Å². The number of aromatic nitrogens is 2. The molecule has 3 aromatic rings. The molecule has 3 rings (SSSR count). The second-order valence-electron chi connectivity index (χ2n) is 5.26. The molecule has 0 spiro atoms. The fraction of sp³-hybridized carbons (Fsp3) is 0.0588. The van der Waals surface area contributed by atoms with Gasteiger partial charge in [0.05, 0.1) is 29.1 Å². The van der Waals surface area contributed by atoms with Crippen molar-refractivity contribution < 1.29 is 4.39 Å². The summed E-state index contributed by atoms with van der Waals surface area (Å²) in [6.45, 7) is 0.458. The first-order valence-electron chi connectivity index (χ1n) is 7.29. The summed E-state index contributed by atoms with van der Waals surface area (Å²) in [7, 11) is 0. The predicted octanol–water partition coefficient (Wildman–Crippen LogP) is 5.19. The smallest absolute Gasteiger partial charge is 0.175 e. The Morgan fingerprint density at radius 1 is 1.16 bits per heavy atom. The third-order valence-corrected chi connectivity index (χ3v) is 4.07. The highest BCUT2D eigenvalue weighted by atomic mass is 35.5. The number of hydrogen-bond acceptors (Lipinski definition) is 2. The van der Waals surface area contributed by atoms with E-state index in [2.05, 4.69) is 15.7 Å². The van der Waals surface area contributed by atoms with Crippen LogP contribution in [0.5, 0.6) is 0 Å². The summed E-state index contributed by atoms with van der Waals surface area (Å²) < 4.78 is 14.9. The molecule has 2 aromatic carbocycles. The van der Waals surface area contributed by atoms with Crippen LogP contribution in [0.25, 0.3) is 0 Å². The van der Waals surface area contributed by atoms with Gasteiger partial charge in [-0.15, -0.1) is 0 Å². The van der Waals surface area contributed by atoms with E-state index in [-0.39, 0.29) is 5.82 Å². The van der Waals surface area contributed by atoms with Gasteiger partial charge in [0, 0.05) is 11.2 Å². The summed E-state index contributed by atoms with van der Waals surface area (Å²) in [5, 5.41) is 11.6. The lowest BCUT2D eigenvalue weighted by Gasteiger charge is -2.10. The monoisotopic (exact) mass is 394 g/mol. The molecule has 0 aliphatic carbocycles. The molecule has 0 radical (unpaired) electrons. The van der Waals surface area contributed by atoms with E-state index in [1.165, 1.54) is 12.1 Å². The lowest BCUT2D eigenvalue weighted by molar-refractivity contribution is 0.619. The molecular weight excluding hydrogens is 382 g/mol. The standard InChI is InChI=1S/C17H13Cl2FN4S/c18-12-4-5-15(19)16(7-12)23-17(25)22-14-8-21-24(10-14)9-11-2-1-3-13(20)6-11/h1-8,10H,9H2,(H2,22,23,25). The minimum absolute atomic E-state index is 0.271. The zero-order valence-electron chi connectivity index (χ0n) is 12.8. The average Bonchev–Trinajstić information content (AvgIpc) is 2.97. The Kier molecular flexibility index (Phi) is 5.53. The van der Waals surface area contributed by atoms with Crippen molar-refractivity contribution in [1.29, 1.82) is 0 Å². The second-order valence-corrected chi connectivity index (χ2v) is 6.51. The molecule has 0 bridgehead atoms. The van der Waals surface area contributed by atoms with Crippen LogP contribution in [-0.4, -0.2) is 14.9 Å². The lowest BCUT2D eigenvalue weighted by atomic mass is 10.2. The molecular formula is C17H13Cl2FN4S. The minimum Gasteiger partial charge on any atom is -0.331 e. The van der Waals surface area contributed by atoms with Gasteiger partial charge in [-0.1, -0.05) is 35.3 Å². The van der Waals surface area contributed by atoms with Gasteiger partial charge in [-0.3, -0.25) is 4.68 Å². The fourth-order valence-electron chi connectivity index (χ4n) is 2.21. The SMILES string of the molecule is Fc1cccc(Cn2cc(NC(=S)Nc3cc(Cl)ccc3Cl)cn2)c1. The number of rotatable bonds is 4. The van der Waals surface area contributed by atoms with Crippen molar-refractivity contribution in [2.75, 3.05) is 10.6 Å². The van der Waals surface area contributed by atoms with Crippen LogP contribution in [0, 0.1) is 5.82 Å². The Bertz CT molecular complexity index is 913. The maximum absolute atomic E-state index is 13.2. The highest BCUT2D eigenvalue weighted by Gasteiger charge is 2.06. The Morgan fingerprint density at radius 3 is 2.80 bits per heavy atom. The Hall–Kier alpha value is -2.15. The first-order chi connectivity index (χ1) is 12.0. The zero-order chi connectivity index (χ0) is 17.8. The first-order valence-corrected chi connectivity index (χ1v) is 8.46. The van der Waals surface area contributed by atoms with Crippen LogP contribution >= 0.6 is 35.4 Å². The van der Waals surface area contributed by atoms with E-state index in [0.717, 1.165) is 5.56 Å². The van der Waals surface area contributed by atoms with Crippen LogP contribution < -0.4 is 10.6 Å². The summed E-state index contributed by atoms with van der Waals surface area (Å²) in [5.41, 5.74) is 2.13. The van der Waals surface area contributed by atoms with Crippen LogP contribution in [-0.2, 0) is 6.54 Å². The molecule has 1 heterocycles. The molecule has 0 saturated heterocycles. The Morgan fingerprint density at radius 2 is 2.00 bits per heavy atom. The number of halogens is 3. The quantitative estimate of drug-likeness (QED) is 0.597. The van der Waals surface area contributed by atoms with Crippen molar-refractivity contribution in [3.63, 3.8) is 0 Å². The zero-order valence-corrected chi connectivity index (χ0v) is 15.2. The van der Waals surface area contributed by atoms with E-state index in [4.69, 9.17) is 35.4 Å².